The molecular formula is C20H22N6S2. The lowest BCUT2D eigenvalue weighted by Gasteiger charge is -2.36. The van der Waals surface area contributed by atoms with Gasteiger partial charge in [-0.3, -0.25) is 0 Å². The molecule has 0 N–H and O–H groups in total. The van der Waals surface area contributed by atoms with Gasteiger partial charge in [0.05, 0.1) is 10.8 Å². The van der Waals surface area contributed by atoms with Crippen LogP contribution in [0.25, 0.3) is 20.4 Å². The van der Waals surface area contributed by atoms with Crippen molar-refractivity contribution in [1.82, 2.24) is 19.9 Å². The third-order valence-electron chi connectivity index (χ3n) is 5.77. The molecule has 0 radical (unpaired) electrons. The van der Waals surface area contributed by atoms with Gasteiger partial charge in [-0.1, -0.05) is 0 Å². The lowest BCUT2D eigenvalue weighted by Crippen LogP contribution is -2.47. The van der Waals surface area contributed by atoms with Crippen LogP contribution in [0.5, 0.6) is 0 Å². The second-order valence-electron chi connectivity index (χ2n) is 7.30. The third-order valence-corrected chi connectivity index (χ3v) is 8.00. The second kappa shape index (κ2) is 6.63. The smallest absolute Gasteiger partial charge is 0.141 e. The Morgan fingerprint density at radius 2 is 1.04 bits per heavy atom. The Hall–Kier alpha value is -2.32. The summed E-state index contributed by atoms with van der Waals surface area (Å²) in [5.41, 5.74) is 2.61. The summed E-state index contributed by atoms with van der Waals surface area (Å²) in [5, 5.41) is 2.43. The van der Waals surface area contributed by atoms with E-state index in [1.165, 1.54) is 31.7 Å². The van der Waals surface area contributed by atoms with E-state index in [9.17, 15) is 0 Å². The molecule has 0 atom stereocenters. The molecule has 28 heavy (non-hydrogen) atoms. The number of fused-ring (bicyclic) bond motifs is 2. The quantitative estimate of drug-likeness (QED) is 0.492. The van der Waals surface area contributed by atoms with E-state index in [0.29, 0.717) is 0 Å². The molecule has 8 heteroatoms. The molecule has 144 valence electrons. The van der Waals surface area contributed by atoms with Crippen LogP contribution < -0.4 is 9.80 Å². The van der Waals surface area contributed by atoms with E-state index >= 15 is 0 Å². The average molecular weight is 411 g/mol. The van der Waals surface area contributed by atoms with Crippen molar-refractivity contribution in [2.24, 2.45) is 0 Å². The van der Waals surface area contributed by atoms with Crippen LogP contribution >= 0.6 is 22.7 Å². The molecule has 1 fully saturated rings. The summed E-state index contributed by atoms with van der Waals surface area (Å²) in [6.07, 6.45) is 3.40. The van der Waals surface area contributed by atoms with Crippen molar-refractivity contribution < 1.29 is 0 Å². The molecule has 0 bridgehead atoms. The van der Waals surface area contributed by atoms with Gasteiger partial charge in [0.2, 0.25) is 0 Å². The molecule has 4 aromatic heterocycles. The minimum absolute atomic E-state index is 0.925. The highest BCUT2D eigenvalue weighted by atomic mass is 32.1. The Balaban J connectivity index is 1.45. The Morgan fingerprint density at radius 1 is 0.643 bits per heavy atom. The Bertz CT molecular complexity index is 1090. The average Bonchev–Trinajstić information content (AvgIpc) is 3.17. The van der Waals surface area contributed by atoms with Crippen LogP contribution in [0.4, 0.5) is 11.6 Å². The van der Waals surface area contributed by atoms with Gasteiger partial charge >= 0.3 is 0 Å². The maximum absolute atomic E-state index is 4.65. The maximum Gasteiger partial charge on any atom is 0.141 e. The van der Waals surface area contributed by atoms with Crippen LogP contribution in [0.1, 0.15) is 20.9 Å². The fourth-order valence-electron chi connectivity index (χ4n) is 3.94. The maximum atomic E-state index is 4.65. The first kappa shape index (κ1) is 17.8. The third kappa shape index (κ3) is 2.66. The van der Waals surface area contributed by atoms with Crippen molar-refractivity contribution in [3.63, 3.8) is 0 Å². The van der Waals surface area contributed by atoms with Crippen LogP contribution in [-0.4, -0.2) is 46.1 Å². The largest absolute Gasteiger partial charge is 0.352 e. The van der Waals surface area contributed by atoms with Crippen LogP contribution in [0.3, 0.4) is 0 Å². The van der Waals surface area contributed by atoms with E-state index in [-0.39, 0.29) is 0 Å². The zero-order valence-electron chi connectivity index (χ0n) is 16.5. The molecule has 4 aromatic rings. The molecule has 0 spiro atoms. The molecule has 1 aliphatic rings. The normalized spacial score (nSPS) is 15.1. The SMILES string of the molecule is Cc1sc2ncnc(N3CCN(c4ncnc5sc(C)c(C)c45)CC3)c2c1C. The first-order valence-corrected chi connectivity index (χ1v) is 11.1. The Kier molecular flexibility index (Phi) is 4.21. The summed E-state index contributed by atoms with van der Waals surface area (Å²) in [7, 11) is 0. The molecule has 0 saturated carbocycles. The topological polar surface area (TPSA) is 58.0 Å². The van der Waals surface area contributed by atoms with Crippen molar-refractivity contribution in [3.05, 3.63) is 33.5 Å². The molecule has 1 saturated heterocycles. The molecule has 5 rings (SSSR count). The van der Waals surface area contributed by atoms with Crippen LogP contribution in [0.15, 0.2) is 12.7 Å². The number of hydrogen-bond acceptors (Lipinski definition) is 8. The van der Waals surface area contributed by atoms with Crippen molar-refractivity contribution in [2.75, 3.05) is 36.0 Å². The van der Waals surface area contributed by atoms with E-state index in [0.717, 1.165) is 47.5 Å². The van der Waals surface area contributed by atoms with E-state index < -0.39 is 0 Å². The van der Waals surface area contributed by atoms with Gasteiger partial charge in [-0.15, -0.1) is 22.7 Å². The Morgan fingerprint density at radius 3 is 1.43 bits per heavy atom. The number of anilines is 2. The molecule has 0 aliphatic carbocycles. The number of hydrogen-bond donors (Lipinski definition) is 0. The van der Waals surface area contributed by atoms with Gasteiger partial charge in [0.15, 0.2) is 0 Å². The lowest BCUT2D eigenvalue weighted by atomic mass is 10.1. The molecule has 5 heterocycles. The minimum atomic E-state index is 0.925. The van der Waals surface area contributed by atoms with Gasteiger partial charge in [0.25, 0.3) is 0 Å². The summed E-state index contributed by atoms with van der Waals surface area (Å²) in [6.45, 7) is 12.4. The summed E-state index contributed by atoms with van der Waals surface area (Å²) >= 11 is 3.51. The molecule has 6 nitrogen and oxygen atoms in total. The predicted octanol–water partition coefficient (Wildman–Crippen LogP) is 4.26. The minimum Gasteiger partial charge on any atom is -0.352 e. The second-order valence-corrected chi connectivity index (χ2v) is 9.70. The highest BCUT2D eigenvalue weighted by Crippen LogP contribution is 2.36. The highest BCUT2D eigenvalue weighted by molar-refractivity contribution is 7.19. The van der Waals surface area contributed by atoms with Crippen molar-refractivity contribution >= 4 is 54.7 Å². The summed E-state index contributed by atoms with van der Waals surface area (Å²) < 4.78 is 0. The first-order chi connectivity index (χ1) is 13.5. The van der Waals surface area contributed by atoms with Gasteiger partial charge in [0.1, 0.15) is 34.0 Å². The fourth-order valence-corrected chi connectivity index (χ4v) is 5.92. The zero-order valence-corrected chi connectivity index (χ0v) is 18.1. The summed E-state index contributed by atoms with van der Waals surface area (Å²) in [4.78, 5) is 27.9. The molecule has 0 aromatic carbocycles. The van der Waals surface area contributed by atoms with Gasteiger partial charge in [-0.2, -0.15) is 0 Å². The molecular weight excluding hydrogens is 388 g/mol. The predicted molar refractivity (Wildman–Crippen MR) is 118 cm³/mol. The highest BCUT2D eigenvalue weighted by Gasteiger charge is 2.25. The van der Waals surface area contributed by atoms with Crippen molar-refractivity contribution in [2.45, 2.75) is 27.7 Å². The molecule has 1 aliphatic heterocycles. The standard InChI is InChI=1S/C20H22N6S2/c1-11-13(3)27-19-15(11)17(21-9-23-19)25-5-7-26(8-6-25)18-16-12(2)14(4)28-20(16)24-10-22-18/h9-10H,5-8H2,1-4H3. The van der Waals surface area contributed by atoms with Crippen molar-refractivity contribution in [3.8, 4) is 0 Å². The number of rotatable bonds is 2. The number of aryl methyl sites for hydroxylation is 4. The summed E-state index contributed by atoms with van der Waals surface area (Å²) in [6, 6.07) is 0. The molecule has 0 unspecified atom stereocenters. The Labute approximate surface area is 171 Å². The number of piperazine rings is 1. The van der Waals surface area contributed by atoms with E-state index in [2.05, 4.69) is 57.4 Å². The van der Waals surface area contributed by atoms with Gasteiger partial charge in [-0.25, -0.2) is 19.9 Å². The van der Waals surface area contributed by atoms with E-state index in [1.54, 1.807) is 35.3 Å². The van der Waals surface area contributed by atoms with Gasteiger partial charge in [0, 0.05) is 35.9 Å². The summed E-state index contributed by atoms with van der Waals surface area (Å²) in [5.74, 6) is 2.14. The molecule has 0 amide bonds. The number of aromatic nitrogens is 4. The van der Waals surface area contributed by atoms with Crippen LogP contribution in [0.2, 0.25) is 0 Å². The monoisotopic (exact) mass is 410 g/mol. The zero-order chi connectivity index (χ0) is 19.4. The number of nitrogens with zero attached hydrogens (tertiary/aromatic N) is 6. The van der Waals surface area contributed by atoms with Crippen molar-refractivity contribution in [1.29, 1.82) is 0 Å². The number of thiophene rings is 2. The van der Waals surface area contributed by atoms with Crippen LogP contribution in [-0.2, 0) is 0 Å². The van der Waals surface area contributed by atoms with Gasteiger partial charge < -0.3 is 9.80 Å². The lowest BCUT2D eigenvalue weighted by molar-refractivity contribution is 0.644. The first-order valence-electron chi connectivity index (χ1n) is 9.46. The fraction of sp³-hybridized carbons (Fsp3) is 0.400. The van der Waals surface area contributed by atoms with E-state index in [1.807, 2.05) is 0 Å². The van der Waals surface area contributed by atoms with Crippen LogP contribution in [0, 0.1) is 27.7 Å². The van der Waals surface area contributed by atoms with E-state index in [4.69, 9.17) is 0 Å². The van der Waals surface area contributed by atoms with Gasteiger partial charge in [-0.05, 0) is 38.8 Å².